The second-order valence-electron chi connectivity index (χ2n) is 3.15. The maximum absolute atomic E-state index is 3.53. The monoisotopic (exact) mass is 176 g/mol. The highest BCUT2D eigenvalue weighted by Crippen LogP contribution is 2.38. The Morgan fingerprint density at radius 2 is 1.88 bits per heavy atom. The average Bonchev–Trinajstić information content (AvgIpc) is 2.17. The molecular formula is C7H13Br. The van der Waals surface area contributed by atoms with Crippen LogP contribution in [-0.4, -0.2) is 5.33 Å². The topological polar surface area (TPSA) is 0 Å². The molecule has 0 saturated heterocycles. The highest BCUT2D eigenvalue weighted by Gasteiger charge is 2.26. The third kappa shape index (κ3) is 1.25. The van der Waals surface area contributed by atoms with E-state index in [1.807, 2.05) is 0 Å². The fourth-order valence-electron chi connectivity index (χ4n) is 1.36. The lowest BCUT2D eigenvalue weighted by atomic mass is 9.92. The maximum atomic E-state index is 3.53. The summed E-state index contributed by atoms with van der Waals surface area (Å²) in [4.78, 5) is 0. The molecule has 48 valence electrons. The van der Waals surface area contributed by atoms with Gasteiger partial charge in [0, 0.05) is 5.33 Å². The fraction of sp³-hybridized carbons (Fsp3) is 1.00. The van der Waals surface area contributed by atoms with Gasteiger partial charge in [-0.3, -0.25) is 0 Å². The molecule has 0 aliphatic heterocycles. The Morgan fingerprint density at radius 1 is 1.38 bits per heavy atom. The first-order valence-electron chi connectivity index (χ1n) is 3.33. The van der Waals surface area contributed by atoms with Crippen molar-refractivity contribution in [3.05, 3.63) is 0 Å². The van der Waals surface area contributed by atoms with E-state index in [9.17, 15) is 0 Å². The molecule has 0 unspecified atom stereocenters. The summed E-state index contributed by atoms with van der Waals surface area (Å²) < 4.78 is 0. The van der Waals surface area contributed by atoms with E-state index in [1.54, 1.807) is 0 Å². The Morgan fingerprint density at radius 3 is 2.12 bits per heavy atom. The Hall–Kier alpha value is 0.480. The van der Waals surface area contributed by atoms with Crippen LogP contribution in [0.15, 0.2) is 0 Å². The molecule has 1 saturated carbocycles. The van der Waals surface area contributed by atoms with Crippen LogP contribution < -0.4 is 0 Å². The minimum atomic E-state index is 0.653. The molecule has 1 aliphatic rings. The van der Waals surface area contributed by atoms with Crippen LogP contribution in [-0.2, 0) is 0 Å². The van der Waals surface area contributed by atoms with Gasteiger partial charge in [0.2, 0.25) is 0 Å². The quantitative estimate of drug-likeness (QED) is 0.540. The largest absolute Gasteiger partial charge is 0.0922 e. The van der Waals surface area contributed by atoms with Crippen LogP contribution in [0.25, 0.3) is 0 Å². The van der Waals surface area contributed by atoms with E-state index in [2.05, 4.69) is 22.9 Å². The minimum absolute atomic E-state index is 0.653. The number of alkyl halides is 1. The van der Waals surface area contributed by atoms with Gasteiger partial charge in [-0.15, -0.1) is 0 Å². The molecule has 0 nitrogen and oxygen atoms in total. The SMILES string of the molecule is CC1(CBr)CCCC1. The fourth-order valence-corrected chi connectivity index (χ4v) is 1.92. The summed E-state index contributed by atoms with van der Waals surface area (Å²) in [5.41, 5.74) is 0.653. The number of halogens is 1. The summed E-state index contributed by atoms with van der Waals surface area (Å²) in [6.07, 6.45) is 5.75. The van der Waals surface area contributed by atoms with Gasteiger partial charge in [-0.2, -0.15) is 0 Å². The third-order valence-electron chi connectivity index (χ3n) is 2.13. The van der Waals surface area contributed by atoms with E-state index in [0.717, 1.165) is 0 Å². The van der Waals surface area contributed by atoms with Crippen LogP contribution in [0.3, 0.4) is 0 Å². The van der Waals surface area contributed by atoms with Gasteiger partial charge in [0.15, 0.2) is 0 Å². The molecule has 0 aromatic carbocycles. The van der Waals surface area contributed by atoms with E-state index < -0.39 is 0 Å². The first-order valence-corrected chi connectivity index (χ1v) is 4.45. The molecular weight excluding hydrogens is 164 g/mol. The summed E-state index contributed by atoms with van der Waals surface area (Å²) in [7, 11) is 0. The molecule has 0 N–H and O–H groups in total. The first kappa shape index (κ1) is 6.60. The molecule has 0 amide bonds. The molecule has 1 aliphatic carbocycles. The Kier molecular flexibility index (Phi) is 1.97. The van der Waals surface area contributed by atoms with Gasteiger partial charge < -0.3 is 0 Å². The second kappa shape index (κ2) is 2.38. The maximum Gasteiger partial charge on any atom is 0.00853 e. The molecule has 0 spiro atoms. The average molecular weight is 177 g/mol. The molecule has 1 fully saturated rings. The number of hydrogen-bond donors (Lipinski definition) is 0. The molecule has 0 atom stereocenters. The second-order valence-corrected chi connectivity index (χ2v) is 3.71. The van der Waals surface area contributed by atoms with Crippen LogP contribution in [0.4, 0.5) is 0 Å². The van der Waals surface area contributed by atoms with E-state index >= 15 is 0 Å². The van der Waals surface area contributed by atoms with Crippen LogP contribution in [0, 0.1) is 5.41 Å². The molecule has 0 heterocycles. The van der Waals surface area contributed by atoms with Gasteiger partial charge in [0.05, 0.1) is 0 Å². The molecule has 0 aromatic heterocycles. The highest BCUT2D eigenvalue weighted by molar-refractivity contribution is 9.09. The van der Waals surface area contributed by atoms with E-state index in [4.69, 9.17) is 0 Å². The van der Waals surface area contributed by atoms with Crippen molar-refractivity contribution < 1.29 is 0 Å². The standard InChI is InChI=1S/C7H13Br/c1-7(6-8)4-2-3-5-7/h2-6H2,1H3. The van der Waals surface area contributed by atoms with Crippen molar-refractivity contribution in [2.24, 2.45) is 5.41 Å². The summed E-state index contributed by atoms with van der Waals surface area (Å²) >= 11 is 3.53. The van der Waals surface area contributed by atoms with Crippen molar-refractivity contribution in [1.29, 1.82) is 0 Å². The highest BCUT2D eigenvalue weighted by atomic mass is 79.9. The van der Waals surface area contributed by atoms with E-state index in [-0.39, 0.29) is 0 Å². The van der Waals surface area contributed by atoms with Gasteiger partial charge >= 0.3 is 0 Å². The molecule has 1 heteroatoms. The number of hydrogen-bond acceptors (Lipinski definition) is 0. The summed E-state index contributed by atoms with van der Waals surface area (Å²) in [5, 5.41) is 1.19. The van der Waals surface area contributed by atoms with Crippen LogP contribution >= 0.6 is 15.9 Å². The zero-order valence-electron chi connectivity index (χ0n) is 5.41. The van der Waals surface area contributed by atoms with Gasteiger partial charge in [-0.25, -0.2) is 0 Å². The van der Waals surface area contributed by atoms with Gasteiger partial charge in [0.25, 0.3) is 0 Å². The Balaban J connectivity index is 2.40. The minimum Gasteiger partial charge on any atom is -0.0922 e. The molecule has 1 rings (SSSR count). The lowest BCUT2D eigenvalue weighted by Crippen LogP contribution is -2.11. The van der Waals surface area contributed by atoms with Crippen molar-refractivity contribution in [2.75, 3.05) is 5.33 Å². The predicted molar refractivity (Wildman–Crippen MR) is 40.4 cm³/mol. The first-order chi connectivity index (χ1) is 3.77. The zero-order valence-corrected chi connectivity index (χ0v) is 7.00. The molecule has 0 radical (unpaired) electrons. The summed E-state index contributed by atoms with van der Waals surface area (Å²) in [6, 6.07) is 0. The van der Waals surface area contributed by atoms with Crippen LogP contribution in [0.5, 0.6) is 0 Å². The lowest BCUT2D eigenvalue weighted by molar-refractivity contribution is 0.395. The van der Waals surface area contributed by atoms with Crippen molar-refractivity contribution >= 4 is 15.9 Å². The van der Waals surface area contributed by atoms with Crippen molar-refractivity contribution in [1.82, 2.24) is 0 Å². The molecule has 0 bridgehead atoms. The lowest BCUT2D eigenvalue weighted by Gasteiger charge is -2.18. The van der Waals surface area contributed by atoms with Crippen molar-refractivity contribution in [3.8, 4) is 0 Å². The summed E-state index contributed by atoms with van der Waals surface area (Å²) in [6.45, 7) is 2.37. The summed E-state index contributed by atoms with van der Waals surface area (Å²) in [5.74, 6) is 0. The van der Waals surface area contributed by atoms with Gasteiger partial charge in [-0.05, 0) is 18.3 Å². The van der Waals surface area contributed by atoms with Gasteiger partial charge in [0.1, 0.15) is 0 Å². The zero-order chi connectivity index (χ0) is 6.04. The number of rotatable bonds is 1. The van der Waals surface area contributed by atoms with Crippen molar-refractivity contribution in [2.45, 2.75) is 32.6 Å². The molecule has 0 aromatic rings. The van der Waals surface area contributed by atoms with Crippen LogP contribution in [0.2, 0.25) is 0 Å². The normalized spacial score (nSPS) is 26.2. The van der Waals surface area contributed by atoms with Gasteiger partial charge in [-0.1, -0.05) is 35.7 Å². The van der Waals surface area contributed by atoms with E-state index in [0.29, 0.717) is 5.41 Å². The third-order valence-corrected chi connectivity index (χ3v) is 3.49. The van der Waals surface area contributed by atoms with Crippen molar-refractivity contribution in [3.63, 3.8) is 0 Å². The Labute approximate surface area is 59.8 Å². The molecule has 8 heavy (non-hydrogen) atoms. The van der Waals surface area contributed by atoms with E-state index in [1.165, 1.54) is 31.0 Å². The predicted octanol–water partition coefficient (Wildman–Crippen LogP) is 2.96. The smallest absolute Gasteiger partial charge is 0.00853 e. The Bertz CT molecular complexity index is 72.5. The van der Waals surface area contributed by atoms with Crippen LogP contribution in [0.1, 0.15) is 32.6 Å².